The zero-order chi connectivity index (χ0) is 18.2. The van der Waals surface area contributed by atoms with Crippen LogP contribution >= 0.6 is 11.8 Å². The summed E-state index contributed by atoms with van der Waals surface area (Å²) in [7, 11) is 3.22. The van der Waals surface area contributed by atoms with Crippen LogP contribution in [0, 0.1) is 6.92 Å². The molecule has 2 aromatic rings. The van der Waals surface area contributed by atoms with Crippen LogP contribution in [0.25, 0.3) is 0 Å². The number of ether oxygens (including phenoxy) is 2. The summed E-state index contributed by atoms with van der Waals surface area (Å²) in [4.78, 5) is 13.4. The number of thioether (sulfide) groups is 1. The highest BCUT2D eigenvalue weighted by Gasteiger charge is 2.15. The lowest BCUT2D eigenvalue weighted by molar-refractivity contribution is -0.119. The van der Waals surface area contributed by atoms with Gasteiger partial charge in [-0.05, 0) is 43.2 Å². The van der Waals surface area contributed by atoms with Crippen LogP contribution < -0.4 is 14.8 Å². The van der Waals surface area contributed by atoms with Gasteiger partial charge in [-0.2, -0.15) is 0 Å². The third-order valence-electron chi connectivity index (χ3n) is 3.94. The topological polar surface area (TPSA) is 47.6 Å². The molecule has 1 amide bonds. The molecule has 0 aliphatic rings. The smallest absolute Gasteiger partial charge is 0.230 e. The maximum absolute atomic E-state index is 12.3. The molecule has 25 heavy (non-hydrogen) atoms. The number of amides is 1. The molecule has 2 aromatic carbocycles. The van der Waals surface area contributed by atoms with E-state index in [1.165, 1.54) is 5.56 Å². The molecule has 0 spiro atoms. The van der Waals surface area contributed by atoms with Gasteiger partial charge >= 0.3 is 0 Å². The van der Waals surface area contributed by atoms with E-state index in [1.54, 1.807) is 26.0 Å². The number of carbonyl (C=O) groups excluding carboxylic acids is 1. The van der Waals surface area contributed by atoms with Crippen LogP contribution in [0.4, 0.5) is 0 Å². The summed E-state index contributed by atoms with van der Waals surface area (Å²) in [5, 5.41) is 3.10. The summed E-state index contributed by atoms with van der Waals surface area (Å²) in [5.74, 6) is 1.77. The van der Waals surface area contributed by atoms with E-state index in [2.05, 4.69) is 31.3 Å². The summed E-state index contributed by atoms with van der Waals surface area (Å²) in [6.07, 6.45) is 0.802. The van der Waals surface area contributed by atoms with Crippen molar-refractivity contribution in [3.8, 4) is 11.5 Å². The average Bonchev–Trinajstić information content (AvgIpc) is 2.65. The van der Waals surface area contributed by atoms with E-state index >= 15 is 0 Å². The van der Waals surface area contributed by atoms with Crippen molar-refractivity contribution in [1.82, 2.24) is 5.32 Å². The van der Waals surface area contributed by atoms with Crippen LogP contribution in [-0.4, -0.2) is 25.9 Å². The molecule has 0 radical (unpaired) electrons. The summed E-state index contributed by atoms with van der Waals surface area (Å²) >= 11 is 1.54. The fourth-order valence-corrected chi connectivity index (χ4v) is 3.22. The summed E-state index contributed by atoms with van der Waals surface area (Å²) < 4.78 is 10.6. The SMILES string of the molecule is CC[C@@H](NC(=O)CSc1ccc(C)cc1)c1ccc(OC)c(OC)c1. The zero-order valence-corrected chi connectivity index (χ0v) is 16.0. The van der Waals surface area contributed by atoms with Gasteiger partial charge in [0.1, 0.15) is 0 Å². The van der Waals surface area contributed by atoms with E-state index in [1.807, 2.05) is 30.3 Å². The van der Waals surface area contributed by atoms with Crippen LogP contribution in [0.5, 0.6) is 11.5 Å². The van der Waals surface area contributed by atoms with E-state index in [-0.39, 0.29) is 11.9 Å². The number of hydrogen-bond acceptors (Lipinski definition) is 4. The highest BCUT2D eigenvalue weighted by atomic mass is 32.2. The molecule has 5 heteroatoms. The van der Waals surface area contributed by atoms with E-state index in [0.717, 1.165) is 16.9 Å². The van der Waals surface area contributed by atoms with E-state index in [4.69, 9.17) is 9.47 Å². The third kappa shape index (κ3) is 5.43. The van der Waals surface area contributed by atoms with E-state index in [9.17, 15) is 4.79 Å². The molecule has 0 saturated carbocycles. The van der Waals surface area contributed by atoms with Crippen molar-refractivity contribution in [3.05, 3.63) is 53.6 Å². The number of benzene rings is 2. The molecule has 4 nitrogen and oxygen atoms in total. The summed E-state index contributed by atoms with van der Waals surface area (Å²) in [6.45, 7) is 4.10. The van der Waals surface area contributed by atoms with Gasteiger partial charge in [0.05, 0.1) is 26.0 Å². The second-order valence-electron chi connectivity index (χ2n) is 5.74. The number of aryl methyl sites for hydroxylation is 1. The molecule has 0 fully saturated rings. The Bertz CT molecular complexity index is 701. The minimum Gasteiger partial charge on any atom is -0.493 e. The molecule has 0 heterocycles. The maximum atomic E-state index is 12.3. The Hall–Kier alpha value is -2.14. The van der Waals surface area contributed by atoms with Crippen LogP contribution in [0.3, 0.4) is 0 Å². The molecule has 0 aliphatic carbocycles. The lowest BCUT2D eigenvalue weighted by Crippen LogP contribution is -2.29. The summed E-state index contributed by atoms with van der Waals surface area (Å²) in [5.41, 5.74) is 2.22. The molecule has 0 bridgehead atoms. The Kier molecular flexibility index (Phi) is 7.19. The Morgan fingerprint density at radius 2 is 1.76 bits per heavy atom. The van der Waals surface area contributed by atoms with Gasteiger partial charge < -0.3 is 14.8 Å². The Labute approximate surface area is 153 Å². The standard InChI is InChI=1S/C20H25NO3S/c1-5-17(15-8-11-18(23-3)19(12-15)24-4)21-20(22)13-25-16-9-6-14(2)7-10-16/h6-12,17H,5,13H2,1-4H3,(H,21,22)/t17-/m1/s1. The lowest BCUT2D eigenvalue weighted by atomic mass is 10.0. The summed E-state index contributed by atoms with van der Waals surface area (Å²) in [6, 6.07) is 13.9. The fraction of sp³-hybridized carbons (Fsp3) is 0.350. The van der Waals surface area contributed by atoms with Gasteiger partial charge in [-0.15, -0.1) is 11.8 Å². The van der Waals surface area contributed by atoms with Crippen molar-refractivity contribution < 1.29 is 14.3 Å². The van der Waals surface area contributed by atoms with Crippen LogP contribution in [0.2, 0.25) is 0 Å². The molecule has 0 unspecified atom stereocenters. The minimum atomic E-state index is -0.0501. The second kappa shape index (κ2) is 9.37. The monoisotopic (exact) mass is 359 g/mol. The molecule has 134 valence electrons. The maximum Gasteiger partial charge on any atom is 0.230 e. The molecular formula is C20H25NO3S. The van der Waals surface area contributed by atoms with Gasteiger partial charge in [0.25, 0.3) is 0 Å². The number of carbonyl (C=O) groups is 1. The predicted molar refractivity (Wildman–Crippen MR) is 103 cm³/mol. The highest BCUT2D eigenvalue weighted by molar-refractivity contribution is 8.00. The van der Waals surface area contributed by atoms with Crippen molar-refractivity contribution in [2.24, 2.45) is 0 Å². The first kappa shape index (κ1) is 19.2. The highest BCUT2D eigenvalue weighted by Crippen LogP contribution is 2.31. The van der Waals surface area contributed by atoms with Gasteiger partial charge in [0, 0.05) is 4.90 Å². The number of methoxy groups -OCH3 is 2. The largest absolute Gasteiger partial charge is 0.493 e. The van der Waals surface area contributed by atoms with Crippen molar-refractivity contribution in [1.29, 1.82) is 0 Å². The van der Waals surface area contributed by atoms with Crippen LogP contribution in [0.1, 0.15) is 30.5 Å². The van der Waals surface area contributed by atoms with Crippen molar-refractivity contribution >= 4 is 17.7 Å². The molecule has 1 atom stereocenters. The number of rotatable bonds is 8. The first-order chi connectivity index (χ1) is 12.1. The van der Waals surface area contributed by atoms with Gasteiger partial charge in [0.2, 0.25) is 5.91 Å². The zero-order valence-electron chi connectivity index (χ0n) is 15.2. The Morgan fingerprint density at radius 3 is 2.36 bits per heavy atom. The molecule has 2 rings (SSSR count). The Morgan fingerprint density at radius 1 is 1.08 bits per heavy atom. The third-order valence-corrected chi connectivity index (χ3v) is 4.96. The molecule has 0 saturated heterocycles. The molecule has 0 aliphatic heterocycles. The van der Waals surface area contributed by atoms with Crippen molar-refractivity contribution in [2.75, 3.05) is 20.0 Å². The van der Waals surface area contributed by atoms with Crippen molar-refractivity contribution in [3.63, 3.8) is 0 Å². The predicted octanol–water partition coefficient (Wildman–Crippen LogP) is 4.37. The first-order valence-corrected chi connectivity index (χ1v) is 9.26. The van der Waals surface area contributed by atoms with Gasteiger partial charge in [-0.1, -0.05) is 30.7 Å². The minimum absolute atomic E-state index is 0.0206. The number of hydrogen-bond donors (Lipinski definition) is 1. The van der Waals surface area contributed by atoms with Crippen LogP contribution in [0.15, 0.2) is 47.4 Å². The van der Waals surface area contributed by atoms with E-state index < -0.39 is 0 Å². The molecular weight excluding hydrogens is 334 g/mol. The normalized spacial score (nSPS) is 11.7. The fourth-order valence-electron chi connectivity index (χ4n) is 2.51. The number of nitrogens with one attached hydrogen (secondary N) is 1. The van der Waals surface area contributed by atoms with Gasteiger partial charge in [-0.25, -0.2) is 0 Å². The van der Waals surface area contributed by atoms with Crippen molar-refractivity contribution in [2.45, 2.75) is 31.2 Å². The average molecular weight is 359 g/mol. The van der Waals surface area contributed by atoms with Gasteiger partial charge in [-0.3, -0.25) is 4.79 Å². The molecule has 0 aromatic heterocycles. The van der Waals surface area contributed by atoms with Gasteiger partial charge in [0.15, 0.2) is 11.5 Å². The Balaban J connectivity index is 1.98. The second-order valence-corrected chi connectivity index (χ2v) is 6.79. The van der Waals surface area contributed by atoms with Crippen LogP contribution in [-0.2, 0) is 4.79 Å². The lowest BCUT2D eigenvalue weighted by Gasteiger charge is -2.19. The first-order valence-electron chi connectivity index (χ1n) is 8.28. The molecule has 1 N–H and O–H groups in total. The quantitative estimate of drug-likeness (QED) is 0.711. The van der Waals surface area contributed by atoms with E-state index in [0.29, 0.717) is 17.3 Å².